The minimum Gasteiger partial charge on any atom is -0.497 e. The number of rotatable bonds is 4. The number of carbonyl (C=O) groups is 1. The minimum atomic E-state index is -0.713. The van der Waals surface area contributed by atoms with Crippen molar-refractivity contribution in [1.29, 1.82) is 0 Å². The van der Waals surface area contributed by atoms with Crippen LogP contribution in [0.2, 0.25) is 0 Å². The van der Waals surface area contributed by atoms with Crippen LogP contribution in [0, 0.1) is 0 Å². The Morgan fingerprint density at radius 1 is 1.09 bits per heavy atom. The Hall–Kier alpha value is -1.79. The molecule has 6 nitrogen and oxygen atoms in total. The lowest BCUT2D eigenvalue weighted by Crippen LogP contribution is -2.33. The molecule has 6 heteroatoms. The predicted molar refractivity (Wildman–Crippen MR) is 81.4 cm³/mol. The normalized spacial score (nSPS) is 31.5. The Bertz CT molecular complexity index is 567. The molecule has 0 N–H and O–H groups in total. The molecule has 1 heterocycles. The Kier molecular flexibility index (Phi) is 4.21. The van der Waals surface area contributed by atoms with Gasteiger partial charge in [0.2, 0.25) is 0 Å². The number of fused-ring (bicyclic) bond motifs is 1. The quantitative estimate of drug-likeness (QED) is 0.793. The van der Waals surface area contributed by atoms with Crippen molar-refractivity contribution in [2.75, 3.05) is 7.11 Å². The molecule has 1 saturated heterocycles. The monoisotopic (exact) mass is 322 g/mol. The molecular weight excluding hydrogens is 300 g/mol. The van der Waals surface area contributed by atoms with Gasteiger partial charge < -0.3 is 23.7 Å². The molecule has 0 bridgehead atoms. The summed E-state index contributed by atoms with van der Waals surface area (Å²) in [4.78, 5) is 11.3. The maximum atomic E-state index is 11.3. The van der Waals surface area contributed by atoms with E-state index in [1.165, 1.54) is 6.92 Å². The molecule has 3 rings (SSSR count). The Labute approximate surface area is 135 Å². The van der Waals surface area contributed by atoms with E-state index in [0.29, 0.717) is 12.2 Å². The summed E-state index contributed by atoms with van der Waals surface area (Å²) in [6.07, 6.45) is -0.632. The van der Waals surface area contributed by atoms with Gasteiger partial charge in [-0.25, -0.2) is 0 Å². The van der Waals surface area contributed by atoms with E-state index in [1.807, 2.05) is 38.1 Å². The molecule has 1 aromatic rings. The van der Waals surface area contributed by atoms with E-state index >= 15 is 0 Å². The van der Waals surface area contributed by atoms with Crippen LogP contribution in [0.4, 0.5) is 0 Å². The van der Waals surface area contributed by atoms with Crippen molar-refractivity contribution in [3.05, 3.63) is 24.3 Å². The topological polar surface area (TPSA) is 63.2 Å². The van der Waals surface area contributed by atoms with E-state index in [1.54, 1.807) is 7.11 Å². The second-order valence-corrected chi connectivity index (χ2v) is 6.28. The molecule has 0 aromatic heterocycles. The number of hydrogen-bond donors (Lipinski definition) is 0. The first-order valence-corrected chi connectivity index (χ1v) is 7.71. The van der Waals surface area contributed by atoms with E-state index in [9.17, 15) is 4.79 Å². The van der Waals surface area contributed by atoms with Crippen molar-refractivity contribution in [2.45, 2.75) is 57.4 Å². The summed E-state index contributed by atoms with van der Waals surface area (Å²) < 4.78 is 28.4. The van der Waals surface area contributed by atoms with Crippen molar-refractivity contribution in [1.82, 2.24) is 0 Å². The highest BCUT2D eigenvalue weighted by Gasteiger charge is 2.56. The van der Waals surface area contributed by atoms with Crippen molar-refractivity contribution in [3.8, 4) is 11.5 Å². The summed E-state index contributed by atoms with van der Waals surface area (Å²) in [5.74, 6) is 0.440. The van der Waals surface area contributed by atoms with Crippen LogP contribution in [0.5, 0.6) is 11.5 Å². The third-order valence-corrected chi connectivity index (χ3v) is 4.03. The molecule has 0 amide bonds. The Morgan fingerprint density at radius 2 is 1.65 bits per heavy atom. The standard InChI is InChI=1S/C17H22O6/c1-10(18)20-13-9-14(16-15(13)22-17(2,3)23-16)21-12-7-5-11(19-4)6-8-12/h5-8,13-16H,9H2,1-4H3/t13-,14+,15+,16-/m1/s1. The third kappa shape index (κ3) is 3.43. The SMILES string of the molecule is COc1ccc(O[C@H]2C[C@@H](OC(C)=O)[C@@H]3OC(C)(C)O[C@@H]32)cc1. The molecule has 1 aromatic carbocycles. The third-order valence-electron chi connectivity index (χ3n) is 4.03. The fourth-order valence-electron chi connectivity index (χ4n) is 3.16. The van der Waals surface area contributed by atoms with Gasteiger partial charge in [0.05, 0.1) is 7.11 Å². The molecule has 2 fully saturated rings. The summed E-state index contributed by atoms with van der Waals surface area (Å²) >= 11 is 0. The second-order valence-electron chi connectivity index (χ2n) is 6.28. The van der Waals surface area contributed by atoms with Crippen LogP contribution in [0.25, 0.3) is 0 Å². The average molecular weight is 322 g/mol. The van der Waals surface area contributed by atoms with Gasteiger partial charge in [-0.15, -0.1) is 0 Å². The van der Waals surface area contributed by atoms with E-state index in [4.69, 9.17) is 23.7 Å². The predicted octanol–water partition coefficient (Wildman–Crippen LogP) is 2.30. The first kappa shape index (κ1) is 16.1. The van der Waals surface area contributed by atoms with Crippen molar-refractivity contribution in [2.24, 2.45) is 0 Å². The van der Waals surface area contributed by atoms with Crippen molar-refractivity contribution in [3.63, 3.8) is 0 Å². The molecule has 1 saturated carbocycles. The van der Waals surface area contributed by atoms with Crippen molar-refractivity contribution < 1.29 is 28.5 Å². The molecule has 0 unspecified atom stereocenters. The van der Waals surface area contributed by atoms with Crippen LogP contribution in [-0.4, -0.2) is 43.3 Å². The van der Waals surface area contributed by atoms with E-state index in [-0.39, 0.29) is 30.4 Å². The average Bonchev–Trinajstić information content (AvgIpc) is 2.95. The van der Waals surface area contributed by atoms with Gasteiger partial charge in [-0.05, 0) is 38.1 Å². The molecule has 23 heavy (non-hydrogen) atoms. The molecule has 0 spiro atoms. The summed E-state index contributed by atoms with van der Waals surface area (Å²) in [7, 11) is 1.62. The van der Waals surface area contributed by atoms with Crippen LogP contribution in [0.15, 0.2) is 24.3 Å². The van der Waals surface area contributed by atoms with Gasteiger partial charge in [0.15, 0.2) is 5.79 Å². The highest BCUT2D eigenvalue weighted by atomic mass is 16.8. The zero-order chi connectivity index (χ0) is 16.6. The molecule has 0 radical (unpaired) electrons. The summed E-state index contributed by atoms with van der Waals surface area (Å²) in [5, 5.41) is 0. The summed E-state index contributed by atoms with van der Waals surface area (Å²) in [5.41, 5.74) is 0. The highest BCUT2D eigenvalue weighted by Crippen LogP contribution is 2.41. The maximum Gasteiger partial charge on any atom is 0.302 e. The number of benzene rings is 1. The Balaban J connectivity index is 1.74. The van der Waals surface area contributed by atoms with E-state index in [2.05, 4.69) is 0 Å². The van der Waals surface area contributed by atoms with Gasteiger partial charge in [-0.3, -0.25) is 4.79 Å². The van der Waals surface area contributed by atoms with E-state index in [0.717, 1.165) is 5.75 Å². The number of esters is 1. The lowest BCUT2D eigenvalue weighted by molar-refractivity contribution is -0.179. The fraction of sp³-hybridized carbons (Fsp3) is 0.588. The van der Waals surface area contributed by atoms with Crippen LogP contribution >= 0.6 is 0 Å². The lowest BCUT2D eigenvalue weighted by atomic mass is 10.2. The first-order valence-electron chi connectivity index (χ1n) is 7.71. The van der Waals surface area contributed by atoms with Gasteiger partial charge in [0, 0.05) is 13.3 Å². The fourth-order valence-corrected chi connectivity index (χ4v) is 3.16. The summed E-state index contributed by atoms with van der Waals surface area (Å²) in [6, 6.07) is 7.35. The number of ether oxygens (including phenoxy) is 5. The van der Waals surface area contributed by atoms with Crippen LogP contribution in [0.1, 0.15) is 27.2 Å². The van der Waals surface area contributed by atoms with Gasteiger partial charge in [0.1, 0.15) is 35.9 Å². The molecular formula is C17H22O6. The van der Waals surface area contributed by atoms with Gasteiger partial charge in [0.25, 0.3) is 0 Å². The number of carbonyl (C=O) groups excluding carboxylic acids is 1. The summed E-state index contributed by atoms with van der Waals surface area (Å²) in [6.45, 7) is 5.09. The minimum absolute atomic E-state index is 0.237. The highest BCUT2D eigenvalue weighted by molar-refractivity contribution is 5.66. The molecule has 1 aliphatic carbocycles. The van der Waals surface area contributed by atoms with E-state index < -0.39 is 5.79 Å². The lowest BCUT2D eigenvalue weighted by Gasteiger charge is -2.24. The first-order chi connectivity index (χ1) is 10.9. The van der Waals surface area contributed by atoms with Crippen LogP contribution < -0.4 is 9.47 Å². The smallest absolute Gasteiger partial charge is 0.302 e. The van der Waals surface area contributed by atoms with Crippen LogP contribution in [-0.2, 0) is 19.0 Å². The maximum absolute atomic E-state index is 11.3. The largest absolute Gasteiger partial charge is 0.497 e. The molecule has 126 valence electrons. The zero-order valence-electron chi connectivity index (χ0n) is 13.8. The van der Waals surface area contributed by atoms with Gasteiger partial charge >= 0.3 is 5.97 Å². The molecule has 4 atom stereocenters. The zero-order valence-corrected chi connectivity index (χ0v) is 13.8. The second kappa shape index (κ2) is 6.02. The molecule has 2 aliphatic rings. The van der Waals surface area contributed by atoms with Gasteiger partial charge in [-0.2, -0.15) is 0 Å². The number of methoxy groups -OCH3 is 1. The van der Waals surface area contributed by atoms with Crippen LogP contribution in [0.3, 0.4) is 0 Å². The number of hydrogen-bond acceptors (Lipinski definition) is 6. The van der Waals surface area contributed by atoms with Crippen molar-refractivity contribution >= 4 is 5.97 Å². The van der Waals surface area contributed by atoms with Gasteiger partial charge in [-0.1, -0.05) is 0 Å². The Morgan fingerprint density at radius 3 is 2.22 bits per heavy atom. The molecule has 1 aliphatic heterocycles.